The number of nitrogens with zero attached hydrogens (tertiary/aromatic N) is 2. The lowest BCUT2D eigenvalue weighted by molar-refractivity contribution is -0.259. The molecule has 138 valence electrons. The minimum absolute atomic E-state index is 0.169. The second-order valence-electron chi connectivity index (χ2n) is 6.30. The van der Waals surface area contributed by atoms with Crippen LogP contribution >= 0.6 is 11.8 Å². The number of aliphatic imine (C=N–C) groups is 1. The van der Waals surface area contributed by atoms with Crippen LogP contribution in [0.15, 0.2) is 46.3 Å². The van der Waals surface area contributed by atoms with Crippen LogP contribution in [0.2, 0.25) is 0 Å². The zero-order chi connectivity index (χ0) is 18.9. The van der Waals surface area contributed by atoms with E-state index in [4.69, 9.17) is 0 Å². The molecule has 2 aliphatic heterocycles. The third kappa shape index (κ3) is 2.50. The third-order valence-corrected chi connectivity index (χ3v) is 6.96. The van der Waals surface area contributed by atoms with Crippen molar-refractivity contribution < 1.29 is 26.7 Å². The number of thioether (sulfide) groups is 1. The van der Waals surface area contributed by atoms with Crippen molar-refractivity contribution >= 4 is 43.2 Å². The normalized spacial score (nSPS) is 25.8. The quantitative estimate of drug-likeness (QED) is 0.794. The molecule has 0 bridgehead atoms. The minimum atomic E-state index is -5.08. The van der Waals surface area contributed by atoms with Crippen LogP contribution in [0.1, 0.15) is 6.42 Å². The Morgan fingerprint density at radius 2 is 1.96 bits per heavy atom. The summed E-state index contributed by atoms with van der Waals surface area (Å²) in [5.74, 6) is 0. The fourth-order valence-electron chi connectivity index (χ4n) is 3.19. The highest BCUT2D eigenvalue weighted by atomic mass is 32.2. The molecule has 26 heavy (non-hydrogen) atoms. The average Bonchev–Trinajstić information content (AvgIpc) is 2.90. The molecule has 2 aromatic rings. The Labute approximate surface area is 151 Å². The van der Waals surface area contributed by atoms with Crippen molar-refractivity contribution in [2.45, 2.75) is 28.6 Å². The first-order chi connectivity index (χ1) is 12.0. The van der Waals surface area contributed by atoms with Gasteiger partial charge in [-0.1, -0.05) is 30.3 Å². The monoisotopic (exact) mass is 402 g/mol. The van der Waals surface area contributed by atoms with Gasteiger partial charge in [0.1, 0.15) is 5.37 Å². The summed E-state index contributed by atoms with van der Waals surface area (Å²) in [5, 5.41) is 10.00. The number of aliphatic hydroxyl groups is 1. The van der Waals surface area contributed by atoms with Gasteiger partial charge in [0.05, 0.1) is 5.69 Å². The Kier molecular flexibility index (Phi) is 3.64. The van der Waals surface area contributed by atoms with Crippen molar-refractivity contribution in [3.8, 4) is 0 Å². The van der Waals surface area contributed by atoms with Crippen LogP contribution in [0.4, 0.5) is 18.9 Å². The second-order valence-corrected chi connectivity index (χ2v) is 9.48. The van der Waals surface area contributed by atoms with Crippen molar-refractivity contribution in [1.82, 2.24) is 0 Å². The van der Waals surface area contributed by atoms with Crippen LogP contribution in [0.25, 0.3) is 10.8 Å². The zero-order valence-electron chi connectivity index (χ0n) is 13.4. The van der Waals surface area contributed by atoms with Crippen LogP contribution in [0.5, 0.6) is 0 Å². The number of hydrogen-bond acceptors (Lipinski definition) is 6. The van der Waals surface area contributed by atoms with E-state index in [1.807, 2.05) is 18.2 Å². The summed E-state index contributed by atoms with van der Waals surface area (Å²) in [6.07, 6.45) is -5.29. The van der Waals surface area contributed by atoms with E-state index in [1.54, 1.807) is 18.2 Å². The van der Waals surface area contributed by atoms with Gasteiger partial charge in [0.2, 0.25) is 0 Å². The van der Waals surface area contributed by atoms with E-state index in [9.17, 15) is 26.7 Å². The predicted octanol–water partition coefficient (Wildman–Crippen LogP) is 3.13. The van der Waals surface area contributed by atoms with Gasteiger partial charge in [0.25, 0.3) is 5.72 Å². The molecule has 0 saturated carbocycles. The number of amidine groups is 1. The lowest BCUT2D eigenvalue weighted by Gasteiger charge is -2.39. The number of halogens is 3. The molecule has 2 atom stereocenters. The minimum Gasteiger partial charge on any atom is -0.362 e. The van der Waals surface area contributed by atoms with E-state index in [0.29, 0.717) is 10.6 Å². The van der Waals surface area contributed by atoms with E-state index in [2.05, 4.69) is 4.99 Å². The predicted molar refractivity (Wildman–Crippen MR) is 94.0 cm³/mol. The highest BCUT2D eigenvalue weighted by Gasteiger charge is 2.61. The Bertz CT molecular complexity index is 1050. The molecule has 10 heteroatoms. The van der Waals surface area contributed by atoms with Crippen LogP contribution in [0.3, 0.4) is 0 Å². The molecular formula is C16H13F3N2O3S2. The summed E-state index contributed by atoms with van der Waals surface area (Å²) in [4.78, 5) is 5.41. The first-order valence-corrected chi connectivity index (χ1v) is 10.3. The number of fused-ring (bicyclic) bond motifs is 5. The van der Waals surface area contributed by atoms with Gasteiger partial charge in [0, 0.05) is 17.6 Å². The van der Waals surface area contributed by atoms with E-state index < -0.39 is 33.5 Å². The Morgan fingerprint density at radius 1 is 1.27 bits per heavy atom. The molecule has 2 aliphatic rings. The molecule has 2 heterocycles. The summed E-state index contributed by atoms with van der Waals surface area (Å²) < 4.78 is 64.5. The molecule has 0 radical (unpaired) electrons. The number of anilines is 1. The fraction of sp³-hybridized carbons (Fsp3) is 0.312. The molecule has 0 saturated heterocycles. The van der Waals surface area contributed by atoms with Gasteiger partial charge in [-0.2, -0.15) is 13.2 Å². The molecule has 5 nitrogen and oxygen atoms in total. The zero-order valence-corrected chi connectivity index (χ0v) is 15.0. The molecule has 1 N–H and O–H groups in total. The maximum Gasteiger partial charge on any atom is 0.438 e. The maximum atomic E-state index is 13.3. The van der Waals surface area contributed by atoms with Gasteiger partial charge in [0.15, 0.2) is 15.0 Å². The van der Waals surface area contributed by atoms with Crippen LogP contribution in [0, 0.1) is 0 Å². The van der Waals surface area contributed by atoms with E-state index >= 15 is 0 Å². The lowest BCUT2D eigenvalue weighted by atomic mass is 10.1. The summed E-state index contributed by atoms with van der Waals surface area (Å²) in [7, 11) is -3.94. The maximum absolute atomic E-state index is 13.3. The number of benzene rings is 2. The van der Waals surface area contributed by atoms with Crippen molar-refractivity contribution in [2.75, 3.05) is 11.2 Å². The number of sulfone groups is 1. The molecule has 0 spiro atoms. The van der Waals surface area contributed by atoms with Gasteiger partial charge in [-0.25, -0.2) is 13.4 Å². The van der Waals surface area contributed by atoms with Gasteiger partial charge >= 0.3 is 6.18 Å². The van der Waals surface area contributed by atoms with Gasteiger partial charge in [-0.3, -0.25) is 0 Å². The van der Waals surface area contributed by atoms with Crippen LogP contribution in [-0.4, -0.2) is 42.2 Å². The van der Waals surface area contributed by atoms with E-state index in [1.165, 1.54) is 4.90 Å². The lowest BCUT2D eigenvalue weighted by Crippen LogP contribution is -2.57. The number of rotatable bonds is 1. The fourth-order valence-corrected chi connectivity index (χ4v) is 5.66. The van der Waals surface area contributed by atoms with Crippen molar-refractivity contribution in [2.24, 2.45) is 4.99 Å². The first-order valence-electron chi connectivity index (χ1n) is 7.58. The summed E-state index contributed by atoms with van der Waals surface area (Å²) in [6, 6.07) is 10.7. The molecule has 0 amide bonds. The number of hydrogen-bond donors (Lipinski definition) is 1. The Balaban J connectivity index is 1.97. The highest BCUT2D eigenvalue weighted by molar-refractivity contribution is 8.15. The van der Waals surface area contributed by atoms with Crippen LogP contribution in [-0.2, 0) is 9.84 Å². The van der Waals surface area contributed by atoms with Crippen LogP contribution < -0.4 is 4.90 Å². The summed E-state index contributed by atoms with van der Waals surface area (Å²) in [6.45, 7) is 0. The molecule has 0 aromatic heterocycles. The second kappa shape index (κ2) is 5.37. The third-order valence-electron chi connectivity index (χ3n) is 4.49. The smallest absolute Gasteiger partial charge is 0.362 e. The molecule has 4 rings (SSSR count). The van der Waals surface area contributed by atoms with Crippen molar-refractivity contribution in [1.29, 1.82) is 0 Å². The molecule has 2 aromatic carbocycles. The Morgan fingerprint density at radius 3 is 2.62 bits per heavy atom. The van der Waals surface area contributed by atoms with Crippen molar-refractivity contribution in [3.63, 3.8) is 0 Å². The van der Waals surface area contributed by atoms with E-state index in [-0.39, 0.29) is 5.17 Å². The van der Waals surface area contributed by atoms with Gasteiger partial charge < -0.3 is 10.0 Å². The largest absolute Gasteiger partial charge is 0.438 e. The summed E-state index contributed by atoms with van der Waals surface area (Å²) in [5.41, 5.74) is -2.95. The topological polar surface area (TPSA) is 70.0 Å². The first kappa shape index (κ1) is 17.6. The summed E-state index contributed by atoms with van der Waals surface area (Å²) >= 11 is 0.939. The molecule has 0 unspecified atom stereocenters. The standard InChI is InChI=1S/C16H13F3N2O3S2/c1-26(23,24)12-8-15(22,16(17,18)19)20-14-21(12)11-7-6-9-4-2-3-5-10(9)13(11)25-14/h2-7,12,22H,8H2,1H3/t12-,15+/m0/s1. The SMILES string of the molecule is CS(=O)(=O)[C@H]1C[C@@](O)(C(F)(F)F)N=C2Sc3c(ccc4ccccc34)N21. The average molecular weight is 402 g/mol. The highest BCUT2D eigenvalue weighted by Crippen LogP contribution is 2.51. The Hall–Kier alpha value is -1.78. The molecule has 0 aliphatic carbocycles. The van der Waals surface area contributed by atoms with Crippen molar-refractivity contribution in [3.05, 3.63) is 36.4 Å². The van der Waals surface area contributed by atoms with E-state index in [0.717, 1.165) is 28.8 Å². The van der Waals surface area contributed by atoms with Gasteiger partial charge in [-0.05, 0) is 28.6 Å². The van der Waals surface area contributed by atoms with Gasteiger partial charge in [-0.15, -0.1) is 0 Å². The molecule has 0 fully saturated rings. The molecular weight excluding hydrogens is 389 g/mol. The number of alkyl halides is 3.